The summed E-state index contributed by atoms with van der Waals surface area (Å²) in [5.74, 6) is -0.269. The van der Waals surface area contributed by atoms with Crippen LogP contribution < -0.4 is 5.73 Å². The van der Waals surface area contributed by atoms with E-state index in [2.05, 4.69) is 4.98 Å². The maximum Gasteiger partial charge on any atom is 0.145 e. The molecule has 0 amide bonds. The van der Waals surface area contributed by atoms with E-state index in [0.717, 1.165) is 10.9 Å². The van der Waals surface area contributed by atoms with Crippen LogP contribution in [0.1, 0.15) is 5.69 Å². The summed E-state index contributed by atoms with van der Waals surface area (Å²) in [7, 11) is 0. The molecule has 2 aromatic rings. The second-order valence-electron chi connectivity index (χ2n) is 3.15. The molecule has 0 aliphatic heterocycles. The Hall–Kier alpha value is -1.48. The Morgan fingerprint density at radius 3 is 2.86 bits per heavy atom. The quantitative estimate of drug-likeness (QED) is 0.785. The molecule has 0 spiro atoms. The van der Waals surface area contributed by atoms with E-state index in [9.17, 15) is 4.39 Å². The van der Waals surface area contributed by atoms with Gasteiger partial charge in [-0.2, -0.15) is 0 Å². The van der Waals surface area contributed by atoms with Gasteiger partial charge in [0.15, 0.2) is 0 Å². The lowest BCUT2D eigenvalue weighted by Gasteiger charge is -2.02. The van der Waals surface area contributed by atoms with Crippen molar-refractivity contribution in [2.24, 2.45) is 5.73 Å². The third-order valence-corrected chi connectivity index (χ3v) is 2.13. The molecular formula is C11H11FN2. The number of pyridine rings is 1. The summed E-state index contributed by atoms with van der Waals surface area (Å²) < 4.78 is 13.4. The number of aromatic nitrogens is 1. The van der Waals surface area contributed by atoms with Gasteiger partial charge in [0.05, 0.1) is 11.2 Å². The molecule has 3 heteroatoms. The average molecular weight is 190 g/mol. The lowest BCUT2D eigenvalue weighted by molar-refractivity contribution is 0.602. The number of halogens is 1. The molecule has 14 heavy (non-hydrogen) atoms. The summed E-state index contributed by atoms with van der Waals surface area (Å²) in [5.41, 5.74) is 6.63. The summed E-state index contributed by atoms with van der Waals surface area (Å²) in [4.78, 5) is 4.21. The standard InChI is InChI=1S/C11H11FN2/c12-9-7-8-3-1-2-4-10(8)14-11(9)5-6-13/h1-4,7H,5-6,13H2. The van der Waals surface area contributed by atoms with Crippen LogP contribution in [0, 0.1) is 5.82 Å². The topological polar surface area (TPSA) is 38.9 Å². The fourth-order valence-corrected chi connectivity index (χ4v) is 1.44. The normalized spacial score (nSPS) is 10.7. The fourth-order valence-electron chi connectivity index (χ4n) is 1.44. The van der Waals surface area contributed by atoms with E-state index >= 15 is 0 Å². The van der Waals surface area contributed by atoms with E-state index < -0.39 is 0 Å². The molecule has 2 N–H and O–H groups in total. The van der Waals surface area contributed by atoms with Crippen molar-refractivity contribution in [1.82, 2.24) is 4.98 Å². The zero-order valence-corrected chi connectivity index (χ0v) is 7.70. The van der Waals surface area contributed by atoms with Crippen molar-refractivity contribution in [3.05, 3.63) is 41.8 Å². The third-order valence-electron chi connectivity index (χ3n) is 2.13. The third kappa shape index (κ3) is 1.59. The number of fused-ring (bicyclic) bond motifs is 1. The molecule has 1 aromatic carbocycles. The van der Waals surface area contributed by atoms with E-state index in [1.807, 2.05) is 24.3 Å². The van der Waals surface area contributed by atoms with Crippen LogP contribution in [0.4, 0.5) is 4.39 Å². The summed E-state index contributed by atoms with van der Waals surface area (Å²) in [5, 5.41) is 0.825. The molecule has 0 aliphatic carbocycles. The predicted molar refractivity (Wildman–Crippen MR) is 54.5 cm³/mol. The maximum atomic E-state index is 13.4. The zero-order valence-electron chi connectivity index (χ0n) is 7.70. The average Bonchev–Trinajstić information content (AvgIpc) is 2.19. The first-order valence-electron chi connectivity index (χ1n) is 4.55. The van der Waals surface area contributed by atoms with E-state index in [1.54, 1.807) is 0 Å². The van der Waals surface area contributed by atoms with Gasteiger partial charge in [0.2, 0.25) is 0 Å². The van der Waals surface area contributed by atoms with E-state index in [1.165, 1.54) is 6.07 Å². The molecule has 0 bridgehead atoms. The lowest BCUT2D eigenvalue weighted by Crippen LogP contribution is -2.06. The Kier molecular flexibility index (Phi) is 2.41. The van der Waals surface area contributed by atoms with E-state index in [0.29, 0.717) is 18.7 Å². The highest BCUT2D eigenvalue weighted by Crippen LogP contribution is 2.15. The van der Waals surface area contributed by atoms with Gasteiger partial charge in [0, 0.05) is 11.8 Å². The van der Waals surface area contributed by atoms with Gasteiger partial charge in [0.25, 0.3) is 0 Å². The van der Waals surface area contributed by atoms with Crippen LogP contribution in [0.15, 0.2) is 30.3 Å². The van der Waals surface area contributed by atoms with E-state index in [4.69, 9.17) is 5.73 Å². The van der Waals surface area contributed by atoms with Crippen LogP contribution in [0.3, 0.4) is 0 Å². The fraction of sp³-hybridized carbons (Fsp3) is 0.182. The minimum Gasteiger partial charge on any atom is -0.330 e. The Balaban J connectivity index is 2.59. The molecule has 0 saturated carbocycles. The molecular weight excluding hydrogens is 179 g/mol. The number of nitrogens with two attached hydrogens (primary N) is 1. The zero-order chi connectivity index (χ0) is 9.97. The Bertz CT molecular complexity index is 454. The number of rotatable bonds is 2. The van der Waals surface area contributed by atoms with Crippen molar-refractivity contribution >= 4 is 10.9 Å². The van der Waals surface area contributed by atoms with Crippen LogP contribution >= 0.6 is 0 Å². The van der Waals surface area contributed by atoms with E-state index in [-0.39, 0.29) is 5.82 Å². The van der Waals surface area contributed by atoms with Crippen molar-refractivity contribution in [2.75, 3.05) is 6.54 Å². The van der Waals surface area contributed by atoms with Crippen LogP contribution in [0.25, 0.3) is 10.9 Å². The summed E-state index contributed by atoms with van der Waals surface area (Å²) in [6.07, 6.45) is 0.483. The summed E-state index contributed by atoms with van der Waals surface area (Å²) in [6, 6.07) is 8.98. The molecule has 0 atom stereocenters. The summed E-state index contributed by atoms with van der Waals surface area (Å²) >= 11 is 0. The number of nitrogens with zero attached hydrogens (tertiary/aromatic N) is 1. The molecule has 0 unspecified atom stereocenters. The van der Waals surface area contributed by atoms with Crippen molar-refractivity contribution in [3.63, 3.8) is 0 Å². The predicted octanol–water partition coefficient (Wildman–Crippen LogP) is 1.88. The van der Waals surface area contributed by atoms with Crippen LogP contribution in [0.5, 0.6) is 0 Å². The first kappa shape index (κ1) is 9.09. The lowest BCUT2D eigenvalue weighted by atomic mass is 10.1. The van der Waals surface area contributed by atoms with Gasteiger partial charge >= 0.3 is 0 Å². The van der Waals surface area contributed by atoms with Crippen molar-refractivity contribution in [1.29, 1.82) is 0 Å². The van der Waals surface area contributed by atoms with Gasteiger partial charge in [-0.05, 0) is 18.7 Å². The molecule has 2 rings (SSSR count). The smallest absolute Gasteiger partial charge is 0.145 e. The monoisotopic (exact) mass is 190 g/mol. The second kappa shape index (κ2) is 3.72. The highest BCUT2D eigenvalue weighted by Gasteiger charge is 2.04. The van der Waals surface area contributed by atoms with Gasteiger partial charge in [-0.25, -0.2) is 9.37 Å². The molecule has 2 nitrogen and oxygen atoms in total. The first-order chi connectivity index (χ1) is 6.81. The molecule has 0 saturated heterocycles. The number of hydrogen-bond donors (Lipinski definition) is 1. The Morgan fingerprint density at radius 1 is 1.29 bits per heavy atom. The number of benzene rings is 1. The minimum atomic E-state index is -0.269. The number of para-hydroxylation sites is 1. The molecule has 0 radical (unpaired) electrons. The van der Waals surface area contributed by atoms with Crippen LogP contribution in [-0.4, -0.2) is 11.5 Å². The molecule has 0 aliphatic rings. The van der Waals surface area contributed by atoms with Crippen molar-refractivity contribution < 1.29 is 4.39 Å². The van der Waals surface area contributed by atoms with Crippen molar-refractivity contribution in [3.8, 4) is 0 Å². The van der Waals surface area contributed by atoms with Crippen LogP contribution in [0.2, 0.25) is 0 Å². The molecule has 1 aromatic heterocycles. The van der Waals surface area contributed by atoms with Gasteiger partial charge in [-0.3, -0.25) is 0 Å². The highest BCUT2D eigenvalue weighted by molar-refractivity contribution is 5.78. The molecule has 1 heterocycles. The molecule has 72 valence electrons. The van der Waals surface area contributed by atoms with Gasteiger partial charge in [-0.15, -0.1) is 0 Å². The Labute approximate surface area is 81.6 Å². The molecule has 0 fully saturated rings. The largest absolute Gasteiger partial charge is 0.330 e. The Morgan fingerprint density at radius 2 is 2.07 bits per heavy atom. The summed E-state index contributed by atoms with van der Waals surface area (Å²) in [6.45, 7) is 0.419. The second-order valence-corrected chi connectivity index (χ2v) is 3.15. The number of hydrogen-bond acceptors (Lipinski definition) is 2. The maximum absolute atomic E-state index is 13.4. The van der Waals surface area contributed by atoms with Gasteiger partial charge in [0.1, 0.15) is 5.82 Å². The van der Waals surface area contributed by atoms with Gasteiger partial charge < -0.3 is 5.73 Å². The van der Waals surface area contributed by atoms with Gasteiger partial charge in [-0.1, -0.05) is 18.2 Å². The van der Waals surface area contributed by atoms with Crippen molar-refractivity contribution in [2.45, 2.75) is 6.42 Å². The minimum absolute atomic E-state index is 0.269. The highest BCUT2D eigenvalue weighted by atomic mass is 19.1. The SMILES string of the molecule is NCCc1nc2ccccc2cc1F. The van der Waals surface area contributed by atoms with Crippen LogP contribution in [-0.2, 0) is 6.42 Å². The first-order valence-corrected chi connectivity index (χ1v) is 4.55.